The molecule has 0 spiro atoms. The molecule has 1 saturated carbocycles. The predicted molar refractivity (Wildman–Crippen MR) is 107 cm³/mol. The molecule has 1 unspecified atom stereocenters. The van der Waals surface area contributed by atoms with Gasteiger partial charge in [-0.05, 0) is 24.5 Å². The summed E-state index contributed by atoms with van der Waals surface area (Å²) in [6, 6.07) is 3.94. The van der Waals surface area contributed by atoms with Gasteiger partial charge in [0, 0.05) is 29.7 Å². The molecule has 12 heteroatoms. The van der Waals surface area contributed by atoms with Gasteiger partial charge in [0.15, 0.2) is 5.82 Å². The second-order valence-corrected chi connectivity index (χ2v) is 8.32. The van der Waals surface area contributed by atoms with Gasteiger partial charge in [-0.2, -0.15) is 15.4 Å². The molecular weight excluding hydrogens is 410 g/mol. The zero-order valence-corrected chi connectivity index (χ0v) is 16.8. The second kappa shape index (κ2) is 6.41. The fraction of sp³-hybridized carbons (Fsp3) is 0.389. The predicted octanol–water partition coefficient (Wildman–Crippen LogP) is -0.0296. The summed E-state index contributed by atoms with van der Waals surface area (Å²) in [5.74, 6) is 3.16. The Hall–Kier alpha value is -3.18. The quantitative estimate of drug-likeness (QED) is 0.551. The highest BCUT2D eigenvalue weighted by atomic mass is 35.5. The molecule has 0 aromatic carbocycles. The summed E-state index contributed by atoms with van der Waals surface area (Å²) in [5, 5.41) is 6.60. The summed E-state index contributed by atoms with van der Waals surface area (Å²) in [6.45, 7) is 1.08. The molecule has 3 aromatic rings. The maximum atomic E-state index is 12.7. The van der Waals surface area contributed by atoms with E-state index < -0.39 is 0 Å². The van der Waals surface area contributed by atoms with Crippen LogP contribution in [0.15, 0.2) is 34.0 Å². The van der Waals surface area contributed by atoms with Crippen LogP contribution >= 0.6 is 11.6 Å². The van der Waals surface area contributed by atoms with E-state index >= 15 is 0 Å². The summed E-state index contributed by atoms with van der Waals surface area (Å²) < 4.78 is 6.95. The van der Waals surface area contributed by atoms with Crippen LogP contribution in [-0.4, -0.2) is 44.3 Å². The zero-order chi connectivity index (χ0) is 20.4. The van der Waals surface area contributed by atoms with Gasteiger partial charge in [-0.15, -0.1) is 5.53 Å². The van der Waals surface area contributed by atoms with Crippen LogP contribution in [0.5, 0.6) is 0 Å². The number of pyridine rings is 1. The number of hydrogen-bond acceptors (Lipinski definition) is 9. The van der Waals surface area contributed by atoms with Gasteiger partial charge in [0.25, 0.3) is 5.56 Å². The van der Waals surface area contributed by atoms with E-state index in [1.807, 2.05) is 6.07 Å². The van der Waals surface area contributed by atoms with E-state index in [2.05, 4.69) is 30.4 Å². The van der Waals surface area contributed by atoms with Crippen molar-refractivity contribution in [2.24, 2.45) is 5.92 Å². The molecule has 3 aliphatic heterocycles. The molecule has 30 heavy (non-hydrogen) atoms. The maximum absolute atomic E-state index is 12.7. The van der Waals surface area contributed by atoms with Crippen LogP contribution in [0.2, 0.25) is 5.02 Å². The number of anilines is 3. The minimum absolute atomic E-state index is 0.162. The number of aromatic nitrogens is 5. The Morgan fingerprint density at radius 2 is 2.30 bits per heavy atom. The van der Waals surface area contributed by atoms with Crippen LogP contribution in [-0.2, 0) is 6.54 Å². The number of hydrogen-bond donors (Lipinski definition) is 2. The Kier molecular flexibility index (Phi) is 3.77. The van der Waals surface area contributed by atoms with E-state index in [9.17, 15) is 4.79 Å². The van der Waals surface area contributed by atoms with Gasteiger partial charge in [0.2, 0.25) is 17.4 Å². The zero-order valence-electron chi connectivity index (χ0n) is 16.1. The molecule has 11 nitrogen and oxygen atoms in total. The van der Waals surface area contributed by atoms with Crippen molar-refractivity contribution in [2.45, 2.75) is 24.9 Å². The van der Waals surface area contributed by atoms with Crippen molar-refractivity contribution in [3.63, 3.8) is 0 Å². The third-order valence-electron chi connectivity index (χ3n) is 6.15. The summed E-state index contributed by atoms with van der Waals surface area (Å²) >= 11 is 6.13. The first kappa shape index (κ1) is 17.7. The van der Waals surface area contributed by atoms with Gasteiger partial charge in [-0.3, -0.25) is 9.36 Å². The van der Waals surface area contributed by atoms with Crippen molar-refractivity contribution in [1.82, 2.24) is 24.7 Å². The van der Waals surface area contributed by atoms with Gasteiger partial charge in [-0.1, -0.05) is 16.8 Å². The first-order chi connectivity index (χ1) is 14.6. The second-order valence-electron chi connectivity index (χ2n) is 7.88. The Morgan fingerprint density at radius 1 is 1.40 bits per heavy atom. The van der Waals surface area contributed by atoms with Crippen molar-refractivity contribution < 1.29 is 10.1 Å². The Balaban J connectivity index is 1.22. The molecule has 3 fully saturated rings. The lowest BCUT2D eigenvalue weighted by Crippen LogP contribution is -2.94. The van der Waals surface area contributed by atoms with Crippen LogP contribution in [0.1, 0.15) is 24.1 Å². The molecule has 7 rings (SSSR count). The fourth-order valence-electron chi connectivity index (χ4n) is 4.67. The SMILES string of the molecule is CN1[NH2+]Nc2ncn(Cc3nc([C@@H]4C5C[C@H]4CN5c4cc(Cl)ccn4)no3)c(=O)c21. The summed E-state index contributed by atoms with van der Waals surface area (Å²) in [6.07, 6.45) is 4.29. The number of nitrogens with one attached hydrogen (secondary N) is 1. The van der Waals surface area contributed by atoms with Gasteiger partial charge in [0.1, 0.15) is 18.7 Å². The topological polar surface area (TPSA) is 122 Å². The van der Waals surface area contributed by atoms with Crippen molar-refractivity contribution in [3.05, 3.63) is 51.7 Å². The number of fused-ring (bicyclic) bond motifs is 2. The van der Waals surface area contributed by atoms with E-state index in [0.717, 1.165) is 18.8 Å². The first-order valence-corrected chi connectivity index (χ1v) is 10.1. The molecule has 1 aliphatic carbocycles. The maximum Gasteiger partial charge on any atom is 0.285 e. The first-order valence-electron chi connectivity index (χ1n) is 9.71. The van der Waals surface area contributed by atoms with Crippen LogP contribution in [0, 0.1) is 5.92 Å². The van der Waals surface area contributed by atoms with Crippen molar-refractivity contribution in [1.29, 1.82) is 0 Å². The summed E-state index contributed by atoms with van der Waals surface area (Å²) in [7, 11) is 1.80. The lowest BCUT2D eigenvalue weighted by molar-refractivity contribution is -0.628. The minimum Gasteiger partial charge on any atom is -0.353 e. The highest BCUT2D eigenvalue weighted by molar-refractivity contribution is 6.30. The normalized spacial score (nSPS) is 24.0. The molecule has 0 amide bonds. The Labute approximate surface area is 175 Å². The van der Waals surface area contributed by atoms with Gasteiger partial charge < -0.3 is 9.42 Å². The average Bonchev–Trinajstić information content (AvgIpc) is 3.48. The standard InChI is InChI=1S/C18H18ClN9O2/c1-26-15-17(23-25-26)21-8-27(18(15)29)7-13-22-16(24-30-13)14-9-4-11(14)28(6-9)12-5-10(19)2-3-20-12/h2-3,5,8-9,11,14,23,25H,4,6-7H2,1H3/p+1/t9-,11?,14-/m0/s1. The number of nitrogens with two attached hydrogens (primary N) is 1. The Morgan fingerprint density at radius 3 is 3.17 bits per heavy atom. The molecule has 0 radical (unpaired) electrons. The third-order valence-corrected chi connectivity index (χ3v) is 6.38. The van der Waals surface area contributed by atoms with Crippen molar-refractivity contribution >= 4 is 28.9 Å². The molecule has 2 saturated heterocycles. The van der Waals surface area contributed by atoms with E-state index in [-0.39, 0.29) is 24.1 Å². The number of nitrogen functional groups attached to an aromatic ring is 1. The molecule has 6 heterocycles. The summed E-state index contributed by atoms with van der Waals surface area (Å²) in [5.41, 5.74) is 4.99. The monoisotopic (exact) mass is 428 g/mol. The van der Waals surface area contributed by atoms with Gasteiger partial charge >= 0.3 is 0 Å². The van der Waals surface area contributed by atoms with Gasteiger partial charge in [-0.25, -0.2) is 9.97 Å². The van der Waals surface area contributed by atoms with E-state index in [4.69, 9.17) is 16.1 Å². The lowest BCUT2D eigenvalue weighted by atomic mass is 9.73. The highest BCUT2D eigenvalue weighted by Crippen LogP contribution is 2.52. The van der Waals surface area contributed by atoms with Crippen molar-refractivity contribution in [3.8, 4) is 0 Å². The van der Waals surface area contributed by atoms with E-state index in [1.54, 1.807) is 29.9 Å². The number of halogens is 1. The molecule has 2 bridgehead atoms. The van der Waals surface area contributed by atoms with Gasteiger partial charge in [0.05, 0.1) is 7.05 Å². The minimum atomic E-state index is -0.162. The number of rotatable bonds is 4. The third kappa shape index (κ3) is 2.58. The fourth-order valence-corrected chi connectivity index (χ4v) is 4.82. The highest BCUT2D eigenvalue weighted by Gasteiger charge is 2.55. The largest absolute Gasteiger partial charge is 0.353 e. The summed E-state index contributed by atoms with van der Waals surface area (Å²) in [4.78, 5) is 28.3. The van der Waals surface area contributed by atoms with Crippen LogP contribution in [0.4, 0.5) is 17.3 Å². The van der Waals surface area contributed by atoms with Crippen LogP contribution < -0.4 is 26.4 Å². The molecule has 3 aromatic heterocycles. The smallest absolute Gasteiger partial charge is 0.285 e. The lowest BCUT2D eigenvalue weighted by Gasteiger charge is -2.34. The van der Waals surface area contributed by atoms with Crippen LogP contribution in [0.25, 0.3) is 0 Å². The van der Waals surface area contributed by atoms with Crippen molar-refractivity contribution in [2.75, 3.05) is 28.9 Å². The number of quaternary nitrogens is 1. The molecular formula is C18H19ClN9O2+. The van der Waals surface area contributed by atoms with E-state index in [1.165, 1.54) is 10.9 Å². The molecule has 3 atom stereocenters. The molecule has 3 N–H and O–H groups in total. The van der Waals surface area contributed by atoms with Crippen LogP contribution in [0.3, 0.4) is 0 Å². The Bertz CT molecular complexity index is 1190. The van der Waals surface area contributed by atoms with E-state index in [0.29, 0.717) is 34.2 Å². The molecule has 4 aliphatic rings. The number of nitrogens with zero attached hydrogens (tertiary/aromatic N) is 7. The molecule has 154 valence electrons. The average molecular weight is 429 g/mol.